The van der Waals surface area contributed by atoms with Crippen molar-refractivity contribution in [2.24, 2.45) is 0 Å². The Kier molecular flexibility index (Phi) is 7.50. The zero-order chi connectivity index (χ0) is 29.8. The number of hydrogen-bond acceptors (Lipinski definition) is 6. The van der Waals surface area contributed by atoms with Gasteiger partial charge in [-0.2, -0.15) is 0 Å². The van der Waals surface area contributed by atoms with Crippen LogP contribution in [0.5, 0.6) is 5.75 Å². The molecule has 218 valence electrons. The lowest BCUT2D eigenvalue weighted by molar-refractivity contribution is -0.136. The van der Waals surface area contributed by atoms with E-state index in [9.17, 15) is 9.90 Å². The molecule has 1 fully saturated rings. The molecular weight excluding hydrogens is 570 g/mol. The van der Waals surface area contributed by atoms with Gasteiger partial charge in [-0.25, -0.2) is 9.97 Å². The maximum atomic E-state index is 12.0. The fourth-order valence-corrected chi connectivity index (χ4v) is 7.18. The van der Waals surface area contributed by atoms with Gasteiger partial charge < -0.3 is 19.1 Å². The van der Waals surface area contributed by atoms with Crippen LogP contribution in [-0.2, 0) is 16.0 Å². The topological polar surface area (TPSA) is 86.5 Å². The molecule has 0 radical (unpaired) electrons. The molecule has 0 spiro atoms. The number of nitrogens with zero attached hydrogens (tertiary/aromatic N) is 3. The van der Waals surface area contributed by atoms with Crippen molar-refractivity contribution in [2.75, 3.05) is 13.2 Å². The normalized spacial score (nSPS) is 14.6. The molecule has 42 heavy (non-hydrogen) atoms. The minimum atomic E-state index is -0.891. The number of aromatic nitrogens is 3. The van der Waals surface area contributed by atoms with Crippen molar-refractivity contribution in [1.82, 2.24) is 14.5 Å². The number of rotatable bonds is 6. The molecule has 1 aliphatic rings. The van der Waals surface area contributed by atoms with Crippen molar-refractivity contribution in [3.05, 3.63) is 64.4 Å². The summed E-state index contributed by atoms with van der Waals surface area (Å²) in [5, 5.41) is 11.3. The maximum absolute atomic E-state index is 12.0. The Morgan fingerprint density at radius 3 is 2.57 bits per heavy atom. The van der Waals surface area contributed by atoms with Crippen molar-refractivity contribution in [3.63, 3.8) is 0 Å². The van der Waals surface area contributed by atoms with Gasteiger partial charge in [0.1, 0.15) is 22.2 Å². The van der Waals surface area contributed by atoms with Crippen molar-refractivity contribution < 1.29 is 19.4 Å². The van der Waals surface area contributed by atoms with E-state index < -0.39 is 11.6 Å². The zero-order valence-corrected chi connectivity index (χ0v) is 26.0. The highest BCUT2D eigenvalue weighted by atomic mass is 35.5. The van der Waals surface area contributed by atoms with Crippen molar-refractivity contribution in [1.29, 1.82) is 0 Å². The number of hydrogen-bond donors (Lipinski definition) is 1. The third kappa shape index (κ3) is 5.51. The van der Waals surface area contributed by atoms with Gasteiger partial charge in [-0.15, -0.1) is 11.3 Å². The van der Waals surface area contributed by atoms with E-state index in [0.717, 1.165) is 86.0 Å². The molecule has 1 N–H and O–H groups in total. The second-order valence-electron chi connectivity index (χ2n) is 11.9. The molecule has 0 atom stereocenters. The lowest BCUT2D eigenvalue weighted by Gasteiger charge is -2.25. The lowest BCUT2D eigenvalue weighted by atomic mass is 9.92. The van der Waals surface area contributed by atoms with E-state index in [1.165, 1.54) is 0 Å². The number of carbonyl (C=O) groups is 1. The zero-order valence-electron chi connectivity index (χ0n) is 24.5. The van der Waals surface area contributed by atoms with Gasteiger partial charge in [-0.1, -0.05) is 11.6 Å². The van der Waals surface area contributed by atoms with Crippen LogP contribution in [0.25, 0.3) is 42.9 Å². The monoisotopic (exact) mass is 603 g/mol. The number of aryl methyl sites for hydroxylation is 2. The largest absolute Gasteiger partial charge is 0.487 e. The molecule has 2 aromatic heterocycles. The van der Waals surface area contributed by atoms with Gasteiger partial charge in [-0.05, 0) is 101 Å². The highest BCUT2D eigenvalue weighted by Gasteiger charge is 2.25. The molecule has 9 heteroatoms. The Balaban J connectivity index is 1.55. The molecule has 6 rings (SSSR count). The molecule has 3 heterocycles. The molecule has 0 bridgehead atoms. The number of carboxylic acid groups (broad SMARTS) is 1. The van der Waals surface area contributed by atoms with Crippen LogP contribution in [0.15, 0.2) is 42.5 Å². The molecule has 1 saturated heterocycles. The number of thiazole rings is 1. The maximum Gasteiger partial charge on any atom is 0.307 e. The van der Waals surface area contributed by atoms with Crippen LogP contribution in [0.2, 0.25) is 5.02 Å². The van der Waals surface area contributed by atoms with Crippen LogP contribution in [0.1, 0.15) is 56.6 Å². The summed E-state index contributed by atoms with van der Waals surface area (Å²) in [4.78, 5) is 22.0. The van der Waals surface area contributed by atoms with E-state index >= 15 is 0 Å². The molecule has 0 amide bonds. The second kappa shape index (κ2) is 11.0. The molecule has 5 aromatic rings. The quantitative estimate of drug-likeness (QED) is 0.210. The van der Waals surface area contributed by atoms with E-state index in [0.29, 0.717) is 16.8 Å². The SMILES string of the molecule is Cc1cc2nc(-c3ccc4nc(C)n(C5CCOCC5)c4c3)sc2c(-c2ccc(Cl)cc2OC(C)(C)C)c1CC(=O)O. The lowest BCUT2D eigenvalue weighted by Crippen LogP contribution is -2.23. The predicted molar refractivity (Wildman–Crippen MR) is 169 cm³/mol. The van der Waals surface area contributed by atoms with Gasteiger partial charge in [0.15, 0.2) is 0 Å². The second-order valence-corrected chi connectivity index (χ2v) is 13.4. The van der Waals surface area contributed by atoms with Gasteiger partial charge in [0, 0.05) is 41.0 Å². The Hall–Kier alpha value is -3.46. The number of benzene rings is 3. The Morgan fingerprint density at radius 2 is 1.86 bits per heavy atom. The van der Waals surface area contributed by atoms with E-state index in [4.69, 9.17) is 31.0 Å². The standard InChI is InChI=1S/C33H34ClN3O4S/c1-18-14-26-31(30(24(18)17-29(38)39)23-8-7-21(34)16-28(23)41-33(3,4)5)42-32(36-26)20-6-9-25-27(15-20)37(19(2)35-25)22-10-12-40-13-11-22/h6-9,14-16,22H,10-13,17H2,1-5H3,(H,38,39). The molecule has 0 saturated carbocycles. The number of aliphatic carboxylic acids is 1. The highest BCUT2D eigenvalue weighted by molar-refractivity contribution is 7.22. The molecular formula is C33H34ClN3O4S. The predicted octanol–water partition coefficient (Wildman–Crippen LogP) is 8.41. The van der Waals surface area contributed by atoms with Gasteiger partial charge in [-0.3, -0.25) is 4.79 Å². The van der Waals surface area contributed by atoms with Crippen LogP contribution < -0.4 is 4.74 Å². The third-order valence-corrected chi connectivity index (χ3v) is 9.01. The van der Waals surface area contributed by atoms with Crippen LogP contribution >= 0.6 is 22.9 Å². The Morgan fingerprint density at radius 1 is 1.10 bits per heavy atom. The average Bonchev–Trinajstić information content (AvgIpc) is 3.48. The van der Waals surface area contributed by atoms with Crippen LogP contribution in [-0.4, -0.2) is 44.4 Å². The average molecular weight is 604 g/mol. The number of imidazole rings is 1. The van der Waals surface area contributed by atoms with Gasteiger partial charge >= 0.3 is 5.97 Å². The van der Waals surface area contributed by atoms with Crippen LogP contribution in [0, 0.1) is 13.8 Å². The Labute approximate surface area is 254 Å². The minimum Gasteiger partial charge on any atom is -0.487 e. The van der Waals surface area contributed by atoms with E-state index in [1.807, 2.05) is 45.9 Å². The smallest absolute Gasteiger partial charge is 0.307 e. The van der Waals surface area contributed by atoms with Gasteiger partial charge in [0.05, 0.1) is 27.7 Å². The minimum absolute atomic E-state index is 0.114. The van der Waals surface area contributed by atoms with Crippen molar-refractivity contribution in [2.45, 2.75) is 65.5 Å². The summed E-state index contributed by atoms with van der Waals surface area (Å²) in [6.07, 6.45) is 1.82. The summed E-state index contributed by atoms with van der Waals surface area (Å²) < 4.78 is 15.2. The first kappa shape index (κ1) is 28.6. The summed E-state index contributed by atoms with van der Waals surface area (Å²) in [6, 6.07) is 14.2. The Bertz CT molecular complexity index is 1830. The van der Waals surface area contributed by atoms with E-state index in [2.05, 4.69) is 29.7 Å². The summed E-state index contributed by atoms with van der Waals surface area (Å²) in [5.74, 6) is 0.724. The molecule has 1 aliphatic heterocycles. The number of halogens is 1. The summed E-state index contributed by atoms with van der Waals surface area (Å²) in [7, 11) is 0. The van der Waals surface area contributed by atoms with Crippen molar-refractivity contribution >= 4 is 50.2 Å². The summed E-state index contributed by atoms with van der Waals surface area (Å²) in [5.41, 5.74) is 6.66. The van der Waals surface area contributed by atoms with Gasteiger partial charge in [0.2, 0.25) is 0 Å². The fourth-order valence-electron chi connectivity index (χ4n) is 5.89. The van der Waals surface area contributed by atoms with Crippen LogP contribution in [0.4, 0.5) is 0 Å². The summed E-state index contributed by atoms with van der Waals surface area (Å²) in [6.45, 7) is 11.5. The van der Waals surface area contributed by atoms with Crippen LogP contribution in [0.3, 0.4) is 0 Å². The molecule has 3 aromatic carbocycles. The number of ether oxygens (including phenoxy) is 2. The van der Waals surface area contributed by atoms with Crippen molar-refractivity contribution in [3.8, 4) is 27.4 Å². The third-order valence-electron chi connectivity index (χ3n) is 7.64. The molecule has 0 unspecified atom stereocenters. The summed E-state index contributed by atoms with van der Waals surface area (Å²) >= 11 is 7.98. The van der Waals surface area contributed by atoms with E-state index in [-0.39, 0.29) is 6.42 Å². The highest BCUT2D eigenvalue weighted by Crippen LogP contribution is 2.45. The first-order valence-corrected chi connectivity index (χ1v) is 15.4. The molecule has 0 aliphatic carbocycles. The fraction of sp³-hybridized carbons (Fsp3) is 0.364. The number of carboxylic acids is 1. The first-order valence-electron chi connectivity index (χ1n) is 14.2. The first-order chi connectivity index (χ1) is 20.0. The van der Waals surface area contributed by atoms with Gasteiger partial charge in [0.25, 0.3) is 0 Å². The number of fused-ring (bicyclic) bond motifs is 2. The molecule has 7 nitrogen and oxygen atoms in total. The van der Waals surface area contributed by atoms with E-state index in [1.54, 1.807) is 17.4 Å².